The van der Waals surface area contributed by atoms with Gasteiger partial charge in [-0.15, -0.1) is 0 Å². The second kappa shape index (κ2) is 4.14. The van der Waals surface area contributed by atoms with Crippen LogP contribution >= 0.6 is 0 Å². The van der Waals surface area contributed by atoms with Crippen LogP contribution in [0.25, 0.3) is 0 Å². The van der Waals surface area contributed by atoms with Crippen molar-refractivity contribution in [3.05, 3.63) is 18.0 Å². The highest BCUT2D eigenvalue weighted by molar-refractivity contribution is 5.31. The Kier molecular flexibility index (Phi) is 2.86. The maximum atomic E-state index is 4.45. The van der Waals surface area contributed by atoms with Crippen molar-refractivity contribution in [2.45, 2.75) is 19.9 Å². The molecule has 0 N–H and O–H groups in total. The second-order valence-corrected chi connectivity index (χ2v) is 4.27. The van der Waals surface area contributed by atoms with Gasteiger partial charge in [-0.3, -0.25) is 0 Å². The van der Waals surface area contributed by atoms with Crippen LogP contribution in [0.5, 0.6) is 0 Å². The molecule has 0 aliphatic carbocycles. The lowest BCUT2D eigenvalue weighted by Gasteiger charge is -2.37. The third kappa shape index (κ3) is 2.26. The van der Waals surface area contributed by atoms with Gasteiger partial charge in [-0.2, -0.15) is 0 Å². The van der Waals surface area contributed by atoms with Crippen LogP contribution in [0.3, 0.4) is 0 Å². The van der Waals surface area contributed by atoms with Crippen molar-refractivity contribution in [2.75, 3.05) is 31.6 Å². The predicted molar refractivity (Wildman–Crippen MR) is 61.1 cm³/mol. The molecule has 2 heterocycles. The normalized spacial score (nSPS) is 23.1. The maximum Gasteiger partial charge on any atom is 0.225 e. The Balaban J connectivity index is 2.12. The van der Waals surface area contributed by atoms with E-state index in [9.17, 15) is 0 Å². The Labute approximate surface area is 90.9 Å². The molecule has 0 bridgehead atoms. The summed E-state index contributed by atoms with van der Waals surface area (Å²) in [5.74, 6) is 0.870. The van der Waals surface area contributed by atoms with E-state index in [1.54, 1.807) is 0 Å². The van der Waals surface area contributed by atoms with E-state index in [0.29, 0.717) is 6.04 Å². The molecule has 0 spiro atoms. The van der Waals surface area contributed by atoms with Gasteiger partial charge >= 0.3 is 0 Å². The molecule has 1 aromatic heterocycles. The summed E-state index contributed by atoms with van der Waals surface area (Å²) in [5.41, 5.74) is 1.03. The number of piperazine rings is 1. The van der Waals surface area contributed by atoms with Crippen molar-refractivity contribution in [1.29, 1.82) is 0 Å². The molecule has 0 amide bonds. The average molecular weight is 206 g/mol. The zero-order chi connectivity index (χ0) is 10.8. The predicted octanol–water partition coefficient (Wildman–Crippen LogP) is 0.925. The number of anilines is 1. The zero-order valence-electron chi connectivity index (χ0n) is 9.64. The van der Waals surface area contributed by atoms with Crippen LogP contribution in [-0.2, 0) is 0 Å². The summed E-state index contributed by atoms with van der Waals surface area (Å²) in [6.07, 6.45) is 1.83. The third-order valence-corrected chi connectivity index (χ3v) is 3.02. The first-order valence-corrected chi connectivity index (χ1v) is 5.41. The van der Waals surface area contributed by atoms with E-state index in [0.717, 1.165) is 31.3 Å². The van der Waals surface area contributed by atoms with Gasteiger partial charge in [-0.25, -0.2) is 9.97 Å². The summed E-state index contributed by atoms with van der Waals surface area (Å²) in [5, 5.41) is 0. The van der Waals surface area contributed by atoms with Gasteiger partial charge in [0, 0.05) is 37.6 Å². The first-order valence-electron chi connectivity index (χ1n) is 5.41. The Morgan fingerprint density at radius 3 is 2.87 bits per heavy atom. The third-order valence-electron chi connectivity index (χ3n) is 3.02. The van der Waals surface area contributed by atoms with Crippen LogP contribution in [0.1, 0.15) is 12.6 Å². The minimum atomic E-state index is 0.572. The number of likely N-dealkylation sites (N-methyl/N-ethyl adjacent to an activating group) is 1. The van der Waals surface area contributed by atoms with Crippen molar-refractivity contribution < 1.29 is 0 Å². The Bertz CT molecular complexity index is 339. The van der Waals surface area contributed by atoms with Gasteiger partial charge in [0.15, 0.2) is 0 Å². The van der Waals surface area contributed by atoms with Crippen molar-refractivity contribution >= 4 is 5.95 Å². The molecule has 1 atom stereocenters. The number of nitrogens with zero attached hydrogens (tertiary/aromatic N) is 4. The summed E-state index contributed by atoms with van der Waals surface area (Å²) in [4.78, 5) is 13.4. The number of rotatable bonds is 1. The number of hydrogen-bond donors (Lipinski definition) is 0. The number of hydrogen-bond acceptors (Lipinski definition) is 4. The zero-order valence-corrected chi connectivity index (χ0v) is 9.64. The molecule has 2 rings (SSSR count). The summed E-state index contributed by atoms with van der Waals surface area (Å²) >= 11 is 0. The fraction of sp³-hybridized carbons (Fsp3) is 0.636. The van der Waals surface area contributed by atoms with Crippen LogP contribution in [0.4, 0.5) is 5.95 Å². The van der Waals surface area contributed by atoms with Crippen LogP contribution in [-0.4, -0.2) is 47.6 Å². The van der Waals surface area contributed by atoms with Crippen LogP contribution in [0.2, 0.25) is 0 Å². The van der Waals surface area contributed by atoms with E-state index in [-0.39, 0.29) is 0 Å². The molecular formula is C11H18N4. The monoisotopic (exact) mass is 206 g/mol. The number of aromatic nitrogens is 2. The largest absolute Gasteiger partial charge is 0.338 e. The van der Waals surface area contributed by atoms with Crippen LogP contribution in [0, 0.1) is 6.92 Å². The van der Waals surface area contributed by atoms with Gasteiger partial charge in [-0.1, -0.05) is 0 Å². The first-order chi connectivity index (χ1) is 7.16. The van der Waals surface area contributed by atoms with Gasteiger partial charge in [0.1, 0.15) is 0 Å². The molecule has 4 nitrogen and oxygen atoms in total. The Morgan fingerprint density at radius 1 is 1.40 bits per heavy atom. The molecule has 1 aliphatic rings. The molecular weight excluding hydrogens is 188 g/mol. The highest BCUT2D eigenvalue weighted by Crippen LogP contribution is 2.13. The SMILES string of the molecule is Cc1ccnc(N2CCN(C)[C@@H](C)C2)n1. The van der Waals surface area contributed by atoms with Crippen molar-refractivity contribution in [2.24, 2.45) is 0 Å². The Morgan fingerprint density at radius 2 is 2.20 bits per heavy atom. The van der Waals surface area contributed by atoms with Crippen molar-refractivity contribution in [1.82, 2.24) is 14.9 Å². The molecule has 1 saturated heterocycles. The smallest absolute Gasteiger partial charge is 0.225 e. The molecule has 1 aromatic rings. The van der Waals surface area contributed by atoms with E-state index in [1.807, 2.05) is 19.2 Å². The van der Waals surface area contributed by atoms with E-state index in [2.05, 4.69) is 33.7 Å². The van der Waals surface area contributed by atoms with Gasteiger partial charge in [0.2, 0.25) is 5.95 Å². The lowest BCUT2D eigenvalue weighted by molar-refractivity contribution is 0.232. The highest BCUT2D eigenvalue weighted by atomic mass is 15.3. The first kappa shape index (κ1) is 10.4. The summed E-state index contributed by atoms with van der Waals surface area (Å²) < 4.78 is 0. The quantitative estimate of drug-likeness (QED) is 0.684. The average Bonchev–Trinajstić information content (AvgIpc) is 2.22. The van der Waals surface area contributed by atoms with E-state index in [4.69, 9.17) is 0 Å². The standard InChI is InChI=1S/C11H18N4/c1-9-4-5-12-11(13-9)15-7-6-14(3)10(2)8-15/h4-5,10H,6-8H2,1-3H3/t10-/m0/s1. The minimum Gasteiger partial charge on any atom is -0.338 e. The van der Waals surface area contributed by atoms with E-state index >= 15 is 0 Å². The topological polar surface area (TPSA) is 32.3 Å². The van der Waals surface area contributed by atoms with Gasteiger partial charge in [-0.05, 0) is 27.0 Å². The molecule has 15 heavy (non-hydrogen) atoms. The maximum absolute atomic E-state index is 4.45. The molecule has 0 saturated carbocycles. The fourth-order valence-electron chi connectivity index (χ4n) is 1.82. The lowest BCUT2D eigenvalue weighted by atomic mass is 10.2. The molecule has 0 radical (unpaired) electrons. The van der Waals surface area contributed by atoms with Crippen LogP contribution < -0.4 is 4.90 Å². The second-order valence-electron chi connectivity index (χ2n) is 4.27. The molecule has 82 valence electrons. The van der Waals surface area contributed by atoms with Crippen molar-refractivity contribution in [3.63, 3.8) is 0 Å². The molecule has 1 fully saturated rings. The van der Waals surface area contributed by atoms with Crippen LogP contribution in [0.15, 0.2) is 12.3 Å². The lowest BCUT2D eigenvalue weighted by Crippen LogP contribution is -2.50. The van der Waals surface area contributed by atoms with Gasteiger partial charge in [0.05, 0.1) is 0 Å². The van der Waals surface area contributed by atoms with Gasteiger partial charge < -0.3 is 9.80 Å². The molecule has 0 unspecified atom stereocenters. The summed E-state index contributed by atoms with van der Waals surface area (Å²) in [7, 11) is 2.17. The van der Waals surface area contributed by atoms with E-state index in [1.165, 1.54) is 0 Å². The molecule has 1 aliphatic heterocycles. The summed E-state index contributed by atoms with van der Waals surface area (Å²) in [6, 6.07) is 2.51. The molecule has 4 heteroatoms. The fourth-order valence-corrected chi connectivity index (χ4v) is 1.82. The number of aryl methyl sites for hydroxylation is 1. The molecule has 0 aromatic carbocycles. The van der Waals surface area contributed by atoms with E-state index < -0.39 is 0 Å². The van der Waals surface area contributed by atoms with Crippen molar-refractivity contribution in [3.8, 4) is 0 Å². The minimum absolute atomic E-state index is 0.572. The Hall–Kier alpha value is -1.16. The summed E-state index contributed by atoms with van der Waals surface area (Å²) in [6.45, 7) is 7.36. The highest BCUT2D eigenvalue weighted by Gasteiger charge is 2.22. The van der Waals surface area contributed by atoms with Gasteiger partial charge in [0.25, 0.3) is 0 Å².